The molecule has 3 nitrogen and oxygen atoms in total. The maximum Gasteiger partial charge on any atom is 0.223 e. The number of benzene rings is 3. The maximum atomic E-state index is 6.48. The average molecular weight is 407 g/mol. The largest absolute Gasteiger partial charge is 0.436 e. The van der Waals surface area contributed by atoms with E-state index in [1.807, 2.05) is 48.5 Å². The highest BCUT2D eigenvalue weighted by molar-refractivity contribution is 5.79. The number of nitrogens with zero attached hydrogens (tertiary/aromatic N) is 1. The molecule has 3 heteroatoms. The lowest BCUT2D eigenvalue weighted by Gasteiger charge is -2.22. The Hall–Kier alpha value is -3.59. The fraction of sp³-hybridized carbons (Fsp3) is 0.179. The van der Waals surface area contributed by atoms with Crippen LogP contribution in [-0.2, 0) is 6.42 Å². The van der Waals surface area contributed by atoms with Gasteiger partial charge in [-0.15, -0.1) is 0 Å². The van der Waals surface area contributed by atoms with Crippen LogP contribution in [0.3, 0.4) is 0 Å². The van der Waals surface area contributed by atoms with E-state index in [4.69, 9.17) is 15.1 Å². The van der Waals surface area contributed by atoms with Crippen LogP contribution in [0.25, 0.3) is 28.2 Å². The van der Waals surface area contributed by atoms with E-state index in [-0.39, 0.29) is 0 Å². The zero-order chi connectivity index (χ0) is 21.0. The molecule has 1 aliphatic rings. The highest BCUT2D eigenvalue weighted by Gasteiger charge is 2.26. The first-order valence-corrected chi connectivity index (χ1v) is 10.9. The van der Waals surface area contributed by atoms with Crippen LogP contribution in [0.2, 0.25) is 0 Å². The fourth-order valence-corrected chi connectivity index (χ4v) is 4.44. The molecule has 0 saturated carbocycles. The van der Waals surface area contributed by atoms with Gasteiger partial charge < -0.3 is 10.2 Å². The Morgan fingerprint density at radius 2 is 1.61 bits per heavy atom. The first-order valence-electron chi connectivity index (χ1n) is 10.9. The zero-order valence-corrected chi connectivity index (χ0v) is 17.5. The molecule has 0 bridgehead atoms. The van der Waals surface area contributed by atoms with Crippen molar-refractivity contribution in [3.8, 4) is 22.6 Å². The third-order valence-corrected chi connectivity index (χ3v) is 5.95. The summed E-state index contributed by atoms with van der Waals surface area (Å²) in [5.74, 6) is 1.95. The van der Waals surface area contributed by atoms with Gasteiger partial charge in [0.2, 0.25) is 5.89 Å². The Morgan fingerprint density at radius 1 is 0.871 bits per heavy atom. The molecule has 31 heavy (non-hydrogen) atoms. The Balaban J connectivity index is 1.56. The topological polar surface area (TPSA) is 52.0 Å². The van der Waals surface area contributed by atoms with Crippen molar-refractivity contribution < 1.29 is 4.42 Å². The molecular formula is C28H26N2O. The number of hydrogen-bond acceptors (Lipinski definition) is 3. The average Bonchev–Trinajstić information content (AvgIpc) is 3.26. The molecule has 0 radical (unpaired) electrons. The number of anilines is 1. The van der Waals surface area contributed by atoms with Gasteiger partial charge in [0.05, 0.1) is 0 Å². The van der Waals surface area contributed by atoms with E-state index in [0.29, 0.717) is 5.92 Å². The van der Waals surface area contributed by atoms with E-state index in [9.17, 15) is 0 Å². The van der Waals surface area contributed by atoms with Gasteiger partial charge in [0.1, 0.15) is 5.69 Å². The molecule has 1 unspecified atom stereocenters. The molecule has 154 valence electrons. The van der Waals surface area contributed by atoms with Crippen LogP contribution in [-0.4, -0.2) is 4.98 Å². The highest BCUT2D eigenvalue weighted by Crippen LogP contribution is 2.40. The molecule has 5 rings (SSSR count). The van der Waals surface area contributed by atoms with Gasteiger partial charge in [0.15, 0.2) is 5.76 Å². The fourth-order valence-electron chi connectivity index (χ4n) is 4.44. The van der Waals surface area contributed by atoms with Gasteiger partial charge in [-0.1, -0.05) is 78.9 Å². The van der Waals surface area contributed by atoms with Crippen LogP contribution in [0.5, 0.6) is 0 Å². The van der Waals surface area contributed by atoms with Crippen molar-refractivity contribution in [1.82, 2.24) is 4.98 Å². The summed E-state index contributed by atoms with van der Waals surface area (Å²) < 4.78 is 6.48. The van der Waals surface area contributed by atoms with Crippen LogP contribution in [0, 0.1) is 5.92 Å². The maximum absolute atomic E-state index is 6.48. The first-order chi connectivity index (χ1) is 15.3. The van der Waals surface area contributed by atoms with Crippen molar-refractivity contribution in [1.29, 1.82) is 0 Å². The van der Waals surface area contributed by atoms with Crippen LogP contribution >= 0.6 is 0 Å². The smallest absolute Gasteiger partial charge is 0.223 e. The number of aromatic nitrogens is 1. The van der Waals surface area contributed by atoms with Crippen molar-refractivity contribution in [2.45, 2.75) is 25.7 Å². The van der Waals surface area contributed by atoms with E-state index in [1.54, 1.807) is 0 Å². The predicted octanol–water partition coefficient (Wildman–Crippen LogP) is 7.02. The molecule has 0 amide bonds. The van der Waals surface area contributed by atoms with Crippen LogP contribution < -0.4 is 5.73 Å². The van der Waals surface area contributed by atoms with Crippen molar-refractivity contribution in [2.24, 2.45) is 5.92 Å². The van der Waals surface area contributed by atoms with Gasteiger partial charge >= 0.3 is 0 Å². The predicted molar refractivity (Wildman–Crippen MR) is 127 cm³/mol. The van der Waals surface area contributed by atoms with Crippen LogP contribution in [0.1, 0.15) is 30.7 Å². The summed E-state index contributed by atoms with van der Waals surface area (Å²) in [6, 6.07) is 28.7. The Kier molecular flexibility index (Phi) is 5.40. The normalized spacial score (nSPS) is 16.1. The third kappa shape index (κ3) is 4.17. The summed E-state index contributed by atoms with van der Waals surface area (Å²) in [6.07, 6.45) is 6.64. The summed E-state index contributed by atoms with van der Waals surface area (Å²) in [4.78, 5) is 5.03. The second-order valence-electron chi connectivity index (χ2n) is 8.17. The molecule has 0 aliphatic heterocycles. The molecule has 1 atom stereocenters. The van der Waals surface area contributed by atoms with E-state index in [2.05, 4.69) is 42.5 Å². The minimum absolute atomic E-state index is 0.376. The molecule has 0 fully saturated rings. The van der Waals surface area contributed by atoms with E-state index in [1.165, 1.54) is 17.6 Å². The van der Waals surface area contributed by atoms with Crippen molar-refractivity contribution >= 4 is 11.3 Å². The minimum atomic E-state index is 0.376. The van der Waals surface area contributed by atoms with Gasteiger partial charge in [-0.05, 0) is 49.3 Å². The van der Waals surface area contributed by atoms with Crippen molar-refractivity contribution in [3.05, 3.63) is 102 Å². The van der Waals surface area contributed by atoms with Gasteiger partial charge in [0.25, 0.3) is 0 Å². The van der Waals surface area contributed by atoms with Gasteiger partial charge in [-0.2, -0.15) is 0 Å². The zero-order valence-electron chi connectivity index (χ0n) is 17.5. The minimum Gasteiger partial charge on any atom is -0.436 e. The SMILES string of the molecule is Nc1cccc(CC2CCCC=C2c2nc(-c3ccccc3)c(-c3ccccc3)o2)c1. The van der Waals surface area contributed by atoms with E-state index in [0.717, 1.165) is 53.4 Å². The standard InChI is InChI=1S/C28H26N2O/c29-24-16-9-10-20(19-24)18-23-15-7-8-17-25(23)28-30-26(21-11-3-1-4-12-21)27(31-28)22-13-5-2-6-14-22/h1-6,9-14,16-17,19,23H,7-8,15,18,29H2. The molecule has 1 aromatic heterocycles. The van der Waals surface area contributed by atoms with Gasteiger partial charge in [-0.25, -0.2) is 4.98 Å². The highest BCUT2D eigenvalue weighted by atomic mass is 16.4. The van der Waals surface area contributed by atoms with Crippen molar-refractivity contribution in [3.63, 3.8) is 0 Å². The summed E-state index contributed by atoms with van der Waals surface area (Å²) in [5, 5.41) is 0. The molecular weight excluding hydrogens is 380 g/mol. The van der Waals surface area contributed by atoms with E-state index >= 15 is 0 Å². The first kappa shape index (κ1) is 19.4. The monoisotopic (exact) mass is 406 g/mol. The number of nitrogen functional groups attached to an aromatic ring is 1. The lowest BCUT2D eigenvalue weighted by molar-refractivity contribution is 0.505. The molecule has 2 N–H and O–H groups in total. The second-order valence-corrected chi connectivity index (χ2v) is 8.17. The van der Waals surface area contributed by atoms with Crippen molar-refractivity contribution in [2.75, 3.05) is 5.73 Å². The van der Waals surface area contributed by atoms with Crippen LogP contribution in [0.15, 0.2) is 95.4 Å². The van der Waals surface area contributed by atoms with Crippen LogP contribution in [0.4, 0.5) is 5.69 Å². The molecule has 0 spiro atoms. The Morgan fingerprint density at radius 3 is 2.35 bits per heavy atom. The Labute approximate surface area is 183 Å². The summed E-state index contributed by atoms with van der Waals surface area (Å²) in [6.45, 7) is 0. The lowest BCUT2D eigenvalue weighted by atomic mass is 9.83. The van der Waals surface area contributed by atoms with E-state index < -0.39 is 0 Å². The number of hydrogen-bond donors (Lipinski definition) is 1. The molecule has 4 aromatic rings. The third-order valence-electron chi connectivity index (χ3n) is 5.95. The number of nitrogens with two attached hydrogens (primary N) is 1. The second kappa shape index (κ2) is 8.65. The summed E-state index contributed by atoms with van der Waals surface area (Å²) in [7, 11) is 0. The molecule has 1 aliphatic carbocycles. The van der Waals surface area contributed by atoms with Gasteiger partial charge in [0, 0.05) is 22.4 Å². The summed E-state index contributed by atoms with van der Waals surface area (Å²) >= 11 is 0. The number of allylic oxidation sites excluding steroid dienone is 2. The molecule has 1 heterocycles. The molecule has 3 aromatic carbocycles. The quantitative estimate of drug-likeness (QED) is 0.362. The summed E-state index contributed by atoms with van der Waals surface area (Å²) in [5.41, 5.74) is 12.3. The number of oxazole rings is 1. The Bertz CT molecular complexity index is 1140. The molecule has 0 saturated heterocycles. The number of rotatable bonds is 5. The van der Waals surface area contributed by atoms with Gasteiger partial charge in [-0.3, -0.25) is 0 Å². The lowest BCUT2D eigenvalue weighted by Crippen LogP contribution is -2.11.